The van der Waals surface area contributed by atoms with Crippen molar-refractivity contribution in [3.8, 4) is 0 Å². The van der Waals surface area contributed by atoms with Crippen LogP contribution in [0.25, 0.3) is 11.0 Å². The average molecular weight is 565 g/mol. The van der Waals surface area contributed by atoms with Gasteiger partial charge in [0.2, 0.25) is 5.76 Å². The van der Waals surface area contributed by atoms with Crippen LogP contribution in [0.3, 0.4) is 0 Å². The van der Waals surface area contributed by atoms with Crippen molar-refractivity contribution in [2.45, 2.75) is 25.6 Å². The predicted molar refractivity (Wildman–Crippen MR) is 153 cm³/mol. The number of halogens is 2. The van der Waals surface area contributed by atoms with Gasteiger partial charge in [-0.1, -0.05) is 72.3 Å². The lowest BCUT2D eigenvalue weighted by molar-refractivity contribution is -0.126. The van der Waals surface area contributed by atoms with E-state index in [0.717, 1.165) is 23.3 Å². The van der Waals surface area contributed by atoms with Crippen LogP contribution in [-0.2, 0) is 23.4 Å². The fraction of sp³-hybridized carbons (Fsp3) is 0.121. The van der Waals surface area contributed by atoms with E-state index >= 15 is 0 Å². The Balaban J connectivity index is 1.53. The highest BCUT2D eigenvalue weighted by Crippen LogP contribution is 2.53. The van der Waals surface area contributed by atoms with Crippen LogP contribution >= 0.6 is 11.6 Å². The molecule has 1 spiro atoms. The van der Waals surface area contributed by atoms with Gasteiger partial charge in [0.25, 0.3) is 11.8 Å². The van der Waals surface area contributed by atoms with Crippen LogP contribution in [0.4, 0.5) is 10.1 Å². The lowest BCUT2D eigenvalue weighted by Crippen LogP contribution is -2.53. The molecule has 8 heteroatoms. The van der Waals surface area contributed by atoms with Gasteiger partial charge in [-0.2, -0.15) is 0 Å². The maximum atomic E-state index is 14.9. The molecule has 4 aromatic carbocycles. The number of aryl methyl sites for hydroxylation is 1. The number of carbonyl (C=O) groups excluding carboxylic acids is 2. The maximum absolute atomic E-state index is 14.9. The van der Waals surface area contributed by atoms with Crippen LogP contribution in [0.1, 0.15) is 38.4 Å². The molecule has 1 unspecified atom stereocenters. The summed E-state index contributed by atoms with van der Waals surface area (Å²) >= 11 is 6.52. The number of hydrogen-bond acceptors (Lipinski definition) is 4. The molecule has 41 heavy (non-hydrogen) atoms. The molecule has 6 nitrogen and oxygen atoms in total. The first-order valence-corrected chi connectivity index (χ1v) is 13.5. The highest BCUT2D eigenvalue weighted by atomic mass is 35.5. The standard InChI is InChI=1S/C33H22ClFN2O4/c1-19-8-2-3-9-20(19)17-36-26-13-7-5-11-24(26)33(32(36)40)28-29(38)23-16-22(35)14-15-27(23)41-30(28)31(39)37(33)18-21-10-4-6-12-25(21)34/h2-16H,17-18H2,1H3. The molecule has 202 valence electrons. The van der Waals surface area contributed by atoms with Crippen LogP contribution in [0.5, 0.6) is 0 Å². The molecule has 1 aromatic heterocycles. The minimum atomic E-state index is -1.84. The van der Waals surface area contributed by atoms with Gasteiger partial charge in [0.15, 0.2) is 11.0 Å². The third-order valence-corrected chi connectivity index (χ3v) is 8.44. The molecule has 0 fully saturated rings. The minimum absolute atomic E-state index is 0.0434. The molecule has 0 saturated heterocycles. The Morgan fingerprint density at radius 1 is 0.854 bits per heavy atom. The van der Waals surface area contributed by atoms with Gasteiger partial charge >= 0.3 is 0 Å². The summed E-state index contributed by atoms with van der Waals surface area (Å²) < 4.78 is 20.3. The van der Waals surface area contributed by atoms with Crippen LogP contribution in [0, 0.1) is 12.7 Å². The first-order valence-electron chi connectivity index (χ1n) is 13.1. The maximum Gasteiger partial charge on any atom is 0.291 e. The second kappa shape index (κ2) is 9.14. The van der Waals surface area contributed by atoms with E-state index in [2.05, 4.69) is 0 Å². The van der Waals surface area contributed by atoms with Gasteiger partial charge in [-0.25, -0.2) is 4.39 Å². The summed E-state index contributed by atoms with van der Waals surface area (Å²) in [7, 11) is 0. The molecular formula is C33H22ClFN2O4. The Labute approximate surface area is 239 Å². The molecule has 0 N–H and O–H groups in total. The highest BCUT2D eigenvalue weighted by Gasteiger charge is 2.65. The molecule has 0 aliphatic carbocycles. The normalized spacial score (nSPS) is 17.5. The quantitative estimate of drug-likeness (QED) is 0.255. The second-order valence-electron chi connectivity index (χ2n) is 10.3. The first-order chi connectivity index (χ1) is 19.8. The Hall–Kier alpha value is -4.75. The summed E-state index contributed by atoms with van der Waals surface area (Å²) in [6, 6.07) is 25.4. The number of amides is 2. The highest BCUT2D eigenvalue weighted by molar-refractivity contribution is 6.31. The number of nitrogens with zero attached hydrogens (tertiary/aromatic N) is 2. The molecule has 2 aliphatic rings. The third-order valence-electron chi connectivity index (χ3n) is 8.07. The number of hydrogen-bond donors (Lipinski definition) is 0. The fourth-order valence-electron chi connectivity index (χ4n) is 6.10. The van der Waals surface area contributed by atoms with E-state index in [1.807, 2.05) is 37.3 Å². The van der Waals surface area contributed by atoms with Crippen LogP contribution in [0.15, 0.2) is 100 Å². The summed E-state index contributed by atoms with van der Waals surface area (Å²) in [6.45, 7) is 2.12. The summed E-state index contributed by atoms with van der Waals surface area (Å²) in [4.78, 5) is 46.3. The SMILES string of the molecule is Cc1ccccc1CN1C(=O)C2(c3ccccc31)c1c(oc3ccc(F)cc3c1=O)C(=O)N2Cc1ccccc1Cl. The van der Waals surface area contributed by atoms with E-state index in [1.165, 1.54) is 11.0 Å². The van der Waals surface area contributed by atoms with E-state index < -0.39 is 28.6 Å². The zero-order valence-corrected chi connectivity index (χ0v) is 22.6. The zero-order chi connectivity index (χ0) is 28.5. The smallest absolute Gasteiger partial charge is 0.291 e. The van der Waals surface area contributed by atoms with Gasteiger partial charge in [0, 0.05) is 17.1 Å². The molecule has 0 radical (unpaired) electrons. The van der Waals surface area contributed by atoms with Crippen LogP contribution in [0.2, 0.25) is 5.02 Å². The monoisotopic (exact) mass is 564 g/mol. The number of benzene rings is 4. The Morgan fingerprint density at radius 3 is 2.34 bits per heavy atom. The third kappa shape index (κ3) is 3.52. The van der Waals surface area contributed by atoms with Crippen LogP contribution < -0.4 is 10.3 Å². The van der Waals surface area contributed by atoms with E-state index in [0.29, 0.717) is 21.8 Å². The van der Waals surface area contributed by atoms with Crippen molar-refractivity contribution in [1.82, 2.24) is 4.90 Å². The molecule has 7 rings (SSSR count). The molecule has 2 amide bonds. The van der Waals surface area contributed by atoms with Gasteiger partial charge in [0.05, 0.1) is 23.2 Å². The zero-order valence-electron chi connectivity index (χ0n) is 21.9. The van der Waals surface area contributed by atoms with Crippen molar-refractivity contribution in [3.05, 3.63) is 146 Å². The average Bonchev–Trinajstić information content (AvgIpc) is 3.36. The van der Waals surface area contributed by atoms with Crippen molar-refractivity contribution in [2.75, 3.05) is 4.90 Å². The number of fused-ring (bicyclic) bond motifs is 5. The number of carbonyl (C=O) groups is 2. The van der Waals surface area contributed by atoms with Crippen molar-refractivity contribution < 1.29 is 18.4 Å². The second-order valence-corrected chi connectivity index (χ2v) is 10.7. The summed E-state index contributed by atoms with van der Waals surface area (Å²) in [5.41, 5.74) is 1.04. The van der Waals surface area contributed by atoms with Gasteiger partial charge < -0.3 is 14.2 Å². The number of anilines is 1. The summed E-state index contributed by atoms with van der Waals surface area (Å²) in [5.74, 6) is -1.95. The largest absolute Gasteiger partial charge is 0.450 e. The Kier molecular flexibility index (Phi) is 5.63. The van der Waals surface area contributed by atoms with Gasteiger partial charge in [0.1, 0.15) is 11.4 Å². The van der Waals surface area contributed by atoms with E-state index in [1.54, 1.807) is 47.4 Å². The van der Waals surface area contributed by atoms with Gasteiger partial charge in [-0.05, 0) is 53.9 Å². The lowest BCUT2D eigenvalue weighted by atomic mass is 9.83. The topological polar surface area (TPSA) is 70.8 Å². The molecule has 5 aromatic rings. The van der Waals surface area contributed by atoms with Crippen molar-refractivity contribution in [3.63, 3.8) is 0 Å². The van der Waals surface area contributed by atoms with E-state index in [4.69, 9.17) is 16.0 Å². The summed E-state index contributed by atoms with van der Waals surface area (Å²) in [6.07, 6.45) is 0. The van der Waals surface area contributed by atoms with Crippen molar-refractivity contribution in [1.29, 1.82) is 0 Å². The molecule has 2 aliphatic heterocycles. The molecular weight excluding hydrogens is 543 g/mol. The lowest BCUT2D eigenvalue weighted by Gasteiger charge is -2.34. The molecule has 1 atom stereocenters. The minimum Gasteiger partial charge on any atom is -0.450 e. The Bertz CT molecular complexity index is 1990. The van der Waals surface area contributed by atoms with Gasteiger partial charge in [-0.15, -0.1) is 0 Å². The van der Waals surface area contributed by atoms with Gasteiger partial charge in [-0.3, -0.25) is 14.4 Å². The fourth-order valence-corrected chi connectivity index (χ4v) is 6.29. The summed E-state index contributed by atoms with van der Waals surface area (Å²) in [5, 5.41) is 0.367. The number of para-hydroxylation sites is 1. The Morgan fingerprint density at radius 2 is 1.56 bits per heavy atom. The van der Waals surface area contributed by atoms with Crippen molar-refractivity contribution >= 4 is 40.1 Å². The molecule has 3 heterocycles. The predicted octanol–water partition coefficient (Wildman–Crippen LogP) is 6.34. The van der Waals surface area contributed by atoms with Crippen LogP contribution in [-0.4, -0.2) is 16.7 Å². The van der Waals surface area contributed by atoms with E-state index in [9.17, 15) is 18.8 Å². The van der Waals surface area contributed by atoms with E-state index in [-0.39, 0.29) is 35.4 Å². The number of rotatable bonds is 4. The van der Waals surface area contributed by atoms with Crippen molar-refractivity contribution in [2.24, 2.45) is 0 Å². The first kappa shape index (κ1) is 25.2. The molecule has 0 bridgehead atoms. The molecule has 0 saturated carbocycles.